The number of morpholine rings is 1. The molecule has 4 atom stereocenters. The molecular weight excluding hydrogens is 288 g/mol. The first kappa shape index (κ1) is 14.8. The molecule has 114 valence electrons. The summed E-state index contributed by atoms with van der Waals surface area (Å²) in [6.07, 6.45) is 1.65. The van der Waals surface area contributed by atoms with Crippen molar-refractivity contribution in [3.05, 3.63) is 35.4 Å². The monoisotopic (exact) mass is 308 g/mol. The predicted molar refractivity (Wildman–Crippen MR) is 82.8 cm³/mol. The summed E-state index contributed by atoms with van der Waals surface area (Å²) in [5.41, 5.74) is 2.91. The molecule has 3 aliphatic rings. The molecule has 21 heavy (non-hydrogen) atoms. The van der Waals surface area contributed by atoms with Crippen LogP contribution in [0.3, 0.4) is 0 Å². The summed E-state index contributed by atoms with van der Waals surface area (Å²) in [5, 5.41) is 6.53. The van der Waals surface area contributed by atoms with Crippen LogP contribution in [-0.4, -0.2) is 37.7 Å². The highest BCUT2D eigenvalue weighted by Crippen LogP contribution is 2.56. The van der Waals surface area contributed by atoms with Gasteiger partial charge in [-0.1, -0.05) is 24.3 Å². The number of carbonyl (C=O) groups excluding carboxylic acids is 1. The van der Waals surface area contributed by atoms with E-state index < -0.39 is 0 Å². The highest BCUT2D eigenvalue weighted by molar-refractivity contribution is 5.85. The standard InChI is InChI=1S/C16H20N2O2.ClH/c19-14(8-11-9-20-6-5-17-11)18-16-13-7-10-3-1-2-4-12(10)15(13)16;/h1-4,11,13,15-17H,5-9H2,(H,18,19);1H. The van der Waals surface area contributed by atoms with Crippen molar-refractivity contribution in [1.82, 2.24) is 10.6 Å². The van der Waals surface area contributed by atoms with Crippen LogP contribution in [0.15, 0.2) is 24.3 Å². The Hall–Kier alpha value is -1.10. The lowest BCUT2D eigenvalue weighted by Gasteiger charge is -2.23. The summed E-state index contributed by atoms with van der Waals surface area (Å²) in [4.78, 5) is 12.1. The number of amides is 1. The van der Waals surface area contributed by atoms with Crippen LogP contribution in [0.2, 0.25) is 0 Å². The van der Waals surface area contributed by atoms with Gasteiger partial charge in [0, 0.05) is 31.0 Å². The molecule has 1 saturated heterocycles. The van der Waals surface area contributed by atoms with E-state index >= 15 is 0 Å². The van der Waals surface area contributed by atoms with Crippen molar-refractivity contribution < 1.29 is 9.53 Å². The molecule has 1 amide bonds. The van der Waals surface area contributed by atoms with Crippen molar-refractivity contribution in [3.63, 3.8) is 0 Å². The fourth-order valence-electron chi connectivity index (χ4n) is 3.77. The van der Waals surface area contributed by atoms with Crippen LogP contribution in [0, 0.1) is 5.92 Å². The van der Waals surface area contributed by atoms with Gasteiger partial charge in [0.1, 0.15) is 0 Å². The van der Waals surface area contributed by atoms with Gasteiger partial charge in [-0.25, -0.2) is 0 Å². The van der Waals surface area contributed by atoms with Crippen molar-refractivity contribution in [1.29, 1.82) is 0 Å². The van der Waals surface area contributed by atoms with Gasteiger partial charge in [0.05, 0.1) is 13.2 Å². The first-order valence-electron chi connectivity index (χ1n) is 7.51. The Morgan fingerprint density at radius 1 is 1.38 bits per heavy atom. The molecule has 0 radical (unpaired) electrons. The van der Waals surface area contributed by atoms with Crippen LogP contribution in [0.25, 0.3) is 0 Å². The Balaban J connectivity index is 0.00000132. The number of hydrogen-bond donors (Lipinski definition) is 2. The zero-order valence-corrected chi connectivity index (χ0v) is 12.7. The Bertz CT molecular complexity index is 531. The van der Waals surface area contributed by atoms with E-state index in [9.17, 15) is 4.79 Å². The average Bonchev–Trinajstić information content (AvgIpc) is 2.97. The summed E-state index contributed by atoms with van der Waals surface area (Å²) < 4.78 is 5.38. The van der Waals surface area contributed by atoms with Gasteiger partial charge >= 0.3 is 0 Å². The Morgan fingerprint density at radius 2 is 2.24 bits per heavy atom. The zero-order chi connectivity index (χ0) is 13.5. The molecule has 0 aromatic heterocycles. The van der Waals surface area contributed by atoms with Crippen molar-refractivity contribution in [3.8, 4) is 0 Å². The van der Waals surface area contributed by atoms with Crippen LogP contribution in [0.5, 0.6) is 0 Å². The smallest absolute Gasteiger partial charge is 0.221 e. The van der Waals surface area contributed by atoms with E-state index in [2.05, 4.69) is 34.9 Å². The summed E-state index contributed by atoms with van der Waals surface area (Å²) in [7, 11) is 0. The van der Waals surface area contributed by atoms with Gasteiger partial charge in [0.15, 0.2) is 0 Å². The molecule has 5 heteroatoms. The van der Waals surface area contributed by atoms with Gasteiger partial charge in [0.2, 0.25) is 5.91 Å². The van der Waals surface area contributed by atoms with E-state index in [0.717, 1.165) is 19.6 Å². The average molecular weight is 309 g/mol. The number of carbonyl (C=O) groups is 1. The summed E-state index contributed by atoms with van der Waals surface area (Å²) in [6.45, 7) is 2.25. The predicted octanol–water partition coefficient (Wildman–Crippen LogP) is 1.24. The van der Waals surface area contributed by atoms with Gasteiger partial charge in [-0.3, -0.25) is 4.79 Å². The molecule has 1 aromatic carbocycles. The maximum atomic E-state index is 12.1. The lowest BCUT2D eigenvalue weighted by Crippen LogP contribution is -2.44. The largest absolute Gasteiger partial charge is 0.378 e. The Morgan fingerprint density at radius 3 is 3.05 bits per heavy atom. The molecule has 2 N–H and O–H groups in total. The lowest BCUT2D eigenvalue weighted by atomic mass is 10.0. The number of fused-ring (bicyclic) bond motifs is 3. The van der Waals surface area contributed by atoms with E-state index in [4.69, 9.17) is 4.74 Å². The molecular formula is C16H21ClN2O2. The highest BCUT2D eigenvalue weighted by atomic mass is 35.5. The quantitative estimate of drug-likeness (QED) is 0.883. The van der Waals surface area contributed by atoms with Gasteiger partial charge in [-0.15, -0.1) is 12.4 Å². The fraction of sp³-hybridized carbons (Fsp3) is 0.562. The van der Waals surface area contributed by atoms with Crippen LogP contribution in [0.4, 0.5) is 0 Å². The van der Waals surface area contributed by atoms with Gasteiger partial charge in [-0.2, -0.15) is 0 Å². The fourth-order valence-corrected chi connectivity index (χ4v) is 3.77. The summed E-state index contributed by atoms with van der Waals surface area (Å²) in [5.74, 6) is 1.35. The highest BCUT2D eigenvalue weighted by Gasteiger charge is 2.56. The second-order valence-electron chi connectivity index (χ2n) is 6.12. The topological polar surface area (TPSA) is 50.4 Å². The van der Waals surface area contributed by atoms with E-state index in [1.165, 1.54) is 11.1 Å². The Labute approximate surface area is 131 Å². The molecule has 2 aliphatic carbocycles. The van der Waals surface area contributed by atoms with Gasteiger partial charge < -0.3 is 15.4 Å². The third kappa shape index (κ3) is 2.80. The maximum Gasteiger partial charge on any atom is 0.221 e. The minimum Gasteiger partial charge on any atom is -0.378 e. The first-order valence-corrected chi connectivity index (χ1v) is 7.51. The molecule has 4 unspecified atom stereocenters. The number of benzene rings is 1. The number of halogens is 1. The van der Waals surface area contributed by atoms with Gasteiger partial charge in [-0.05, 0) is 23.5 Å². The molecule has 0 spiro atoms. The van der Waals surface area contributed by atoms with E-state index in [0.29, 0.717) is 30.9 Å². The van der Waals surface area contributed by atoms with E-state index in [1.807, 2.05) is 0 Å². The van der Waals surface area contributed by atoms with E-state index in [-0.39, 0.29) is 24.4 Å². The van der Waals surface area contributed by atoms with Crippen molar-refractivity contribution in [2.75, 3.05) is 19.8 Å². The second-order valence-corrected chi connectivity index (χ2v) is 6.12. The molecule has 1 saturated carbocycles. The molecule has 2 fully saturated rings. The molecule has 0 bridgehead atoms. The third-order valence-corrected chi connectivity index (χ3v) is 4.80. The van der Waals surface area contributed by atoms with Crippen molar-refractivity contribution in [2.45, 2.75) is 30.8 Å². The SMILES string of the molecule is Cl.O=C(CC1COCCN1)NC1C2Cc3ccccc3C21. The van der Waals surface area contributed by atoms with Crippen LogP contribution >= 0.6 is 12.4 Å². The summed E-state index contributed by atoms with van der Waals surface area (Å²) >= 11 is 0. The molecule has 4 nitrogen and oxygen atoms in total. The molecule has 4 rings (SSSR count). The number of rotatable bonds is 3. The van der Waals surface area contributed by atoms with Crippen molar-refractivity contribution in [2.24, 2.45) is 5.92 Å². The minimum absolute atomic E-state index is 0. The maximum absolute atomic E-state index is 12.1. The van der Waals surface area contributed by atoms with Crippen LogP contribution < -0.4 is 10.6 Å². The second kappa shape index (κ2) is 5.95. The molecule has 1 aliphatic heterocycles. The Kier molecular flexibility index (Phi) is 4.20. The first-order chi connectivity index (χ1) is 9.83. The lowest BCUT2D eigenvalue weighted by molar-refractivity contribution is -0.122. The van der Waals surface area contributed by atoms with Gasteiger partial charge in [0.25, 0.3) is 0 Å². The third-order valence-electron chi connectivity index (χ3n) is 4.80. The zero-order valence-electron chi connectivity index (χ0n) is 11.9. The van der Waals surface area contributed by atoms with Crippen LogP contribution in [-0.2, 0) is 16.0 Å². The van der Waals surface area contributed by atoms with E-state index in [1.54, 1.807) is 0 Å². The number of ether oxygens (including phenoxy) is 1. The summed E-state index contributed by atoms with van der Waals surface area (Å²) in [6, 6.07) is 9.16. The number of nitrogens with one attached hydrogen (secondary N) is 2. The van der Waals surface area contributed by atoms with Crippen LogP contribution in [0.1, 0.15) is 23.5 Å². The molecule has 1 aromatic rings. The normalized spacial score (nSPS) is 32.6. The number of hydrogen-bond acceptors (Lipinski definition) is 3. The minimum atomic E-state index is 0. The van der Waals surface area contributed by atoms with Crippen molar-refractivity contribution >= 4 is 18.3 Å². The molecule has 1 heterocycles.